The van der Waals surface area contributed by atoms with Crippen molar-refractivity contribution in [1.29, 1.82) is 0 Å². The van der Waals surface area contributed by atoms with E-state index in [1.165, 1.54) is 0 Å². The second-order valence-electron chi connectivity index (χ2n) is 3.64. The molecule has 1 unspecified atom stereocenters. The molecule has 0 N–H and O–H groups in total. The highest BCUT2D eigenvalue weighted by atomic mass is 79.9. The van der Waals surface area contributed by atoms with Gasteiger partial charge in [0.25, 0.3) is 0 Å². The third kappa shape index (κ3) is 2.65. The van der Waals surface area contributed by atoms with Crippen molar-refractivity contribution < 1.29 is 9.47 Å². The summed E-state index contributed by atoms with van der Waals surface area (Å²) < 4.78 is 10.8. The van der Waals surface area contributed by atoms with Crippen LogP contribution in [0.3, 0.4) is 0 Å². The Morgan fingerprint density at radius 2 is 1.67 bits per heavy atom. The lowest BCUT2D eigenvalue weighted by atomic mass is 9.99. The van der Waals surface area contributed by atoms with Gasteiger partial charge < -0.3 is 9.47 Å². The van der Waals surface area contributed by atoms with Gasteiger partial charge in [0.15, 0.2) is 0 Å². The van der Waals surface area contributed by atoms with E-state index in [2.05, 4.69) is 22.9 Å². The fourth-order valence-corrected chi connectivity index (χ4v) is 1.96. The van der Waals surface area contributed by atoms with Crippen LogP contribution in [0.25, 0.3) is 0 Å². The minimum atomic E-state index is 0.371. The summed E-state index contributed by atoms with van der Waals surface area (Å²) in [6.07, 6.45) is 0. The Morgan fingerprint density at radius 3 is 2.00 bits per heavy atom. The van der Waals surface area contributed by atoms with Crippen LogP contribution in [0.1, 0.15) is 24.0 Å². The van der Waals surface area contributed by atoms with E-state index in [1.807, 2.05) is 19.1 Å². The van der Waals surface area contributed by atoms with Gasteiger partial charge in [-0.05, 0) is 30.5 Å². The summed E-state index contributed by atoms with van der Waals surface area (Å²) >= 11 is 3.49. The Labute approximate surface area is 99.7 Å². The van der Waals surface area contributed by atoms with Crippen LogP contribution in [-0.2, 0) is 0 Å². The summed E-state index contributed by atoms with van der Waals surface area (Å²) in [7, 11) is 3.39. The van der Waals surface area contributed by atoms with Crippen LogP contribution in [0, 0.1) is 6.92 Å². The predicted molar refractivity (Wildman–Crippen MR) is 66.5 cm³/mol. The summed E-state index contributed by atoms with van der Waals surface area (Å²) in [4.78, 5) is 0. The van der Waals surface area contributed by atoms with Gasteiger partial charge in [-0.15, -0.1) is 0 Å². The maximum absolute atomic E-state index is 5.39. The molecule has 0 saturated carbocycles. The van der Waals surface area contributed by atoms with Crippen LogP contribution in [-0.4, -0.2) is 19.5 Å². The average molecular weight is 273 g/mol. The van der Waals surface area contributed by atoms with E-state index in [1.54, 1.807) is 14.2 Å². The Kier molecular flexibility index (Phi) is 4.45. The second kappa shape index (κ2) is 5.40. The minimum Gasteiger partial charge on any atom is -0.496 e. The first-order chi connectivity index (χ1) is 7.13. The SMILES string of the molecule is COc1cc(C)cc(OC)c1C(C)CBr. The Bertz CT molecular complexity index is 311. The van der Waals surface area contributed by atoms with Crippen LogP contribution >= 0.6 is 15.9 Å². The summed E-state index contributed by atoms with van der Waals surface area (Å²) in [5.74, 6) is 2.17. The van der Waals surface area contributed by atoms with Crippen molar-refractivity contribution in [1.82, 2.24) is 0 Å². The molecule has 84 valence electrons. The maximum Gasteiger partial charge on any atom is 0.126 e. The molecule has 1 rings (SSSR count). The van der Waals surface area contributed by atoms with E-state index in [0.717, 1.165) is 28.0 Å². The molecule has 0 heterocycles. The lowest BCUT2D eigenvalue weighted by Gasteiger charge is -2.18. The summed E-state index contributed by atoms with van der Waals surface area (Å²) in [6, 6.07) is 4.08. The van der Waals surface area contributed by atoms with Crippen LogP contribution < -0.4 is 9.47 Å². The van der Waals surface area contributed by atoms with Crippen LogP contribution in [0.4, 0.5) is 0 Å². The highest BCUT2D eigenvalue weighted by Gasteiger charge is 2.16. The molecular weight excluding hydrogens is 256 g/mol. The molecule has 1 aromatic carbocycles. The Hall–Kier alpha value is -0.700. The van der Waals surface area contributed by atoms with Gasteiger partial charge in [0, 0.05) is 10.9 Å². The van der Waals surface area contributed by atoms with Crippen molar-refractivity contribution in [2.24, 2.45) is 0 Å². The van der Waals surface area contributed by atoms with E-state index < -0.39 is 0 Å². The third-order valence-corrected chi connectivity index (χ3v) is 3.38. The van der Waals surface area contributed by atoms with Crippen molar-refractivity contribution in [3.05, 3.63) is 23.3 Å². The molecule has 0 aliphatic rings. The van der Waals surface area contributed by atoms with Crippen molar-refractivity contribution in [2.75, 3.05) is 19.5 Å². The van der Waals surface area contributed by atoms with Crippen molar-refractivity contribution >= 4 is 15.9 Å². The number of benzene rings is 1. The number of rotatable bonds is 4. The summed E-state index contributed by atoms with van der Waals surface area (Å²) in [6.45, 7) is 4.18. The Balaban J connectivity index is 3.30. The zero-order valence-electron chi connectivity index (χ0n) is 9.63. The second-order valence-corrected chi connectivity index (χ2v) is 4.29. The number of hydrogen-bond donors (Lipinski definition) is 0. The zero-order chi connectivity index (χ0) is 11.4. The molecule has 0 aliphatic carbocycles. The van der Waals surface area contributed by atoms with E-state index in [4.69, 9.17) is 9.47 Å². The van der Waals surface area contributed by atoms with Crippen molar-refractivity contribution in [2.45, 2.75) is 19.8 Å². The molecule has 0 radical (unpaired) electrons. The van der Waals surface area contributed by atoms with Gasteiger partial charge in [-0.3, -0.25) is 0 Å². The minimum absolute atomic E-state index is 0.371. The highest BCUT2D eigenvalue weighted by Crippen LogP contribution is 2.37. The van der Waals surface area contributed by atoms with E-state index in [9.17, 15) is 0 Å². The fraction of sp³-hybridized carbons (Fsp3) is 0.500. The van der Waals surface area contributed by atoms with Gasteiger partial charge in [-0.25, -0.2) is 0 Å². The lowest BCUT2D eigenvalue weighted by Crippen LogP contribution is -2.02. The first-order valence-corrected chi connectivity index (χ1v) is 6.04. The van der Waals surface area contributed by atoms with E-state index in [0.29, 0.717) is 5.92 Å². The fourth-order valence-electron chi connectivity index (χ4n) is 1.63. The number of methoxy groups -OCH3 is 2. The number of alkyl halides is 1. The van der Waals surface area contributed by atoms with Crippen LogP contribution in [0.5, 0.6) is 11.5 Å². The van der Waals surface area contributed by atoms with E-state index >= 15 is 0 Å². The number of hydrogen-bond acceptors (Lipinski definition) is 2. The molecule has 2 nitrogen and oxygen atoms in total. The van der Waals surface area contributed by atoms with E-state index in [-0.39, 0.29) is 0 Å². The first kappa shape index (κ1) is 12.4. The molecule has 0 amide bonds. The highest BCUT2D eigenvalue weighted by molar-refractivity contribution is 9.09. The topological polar surface area (TPSA) is 18.5 Å². The molecule has 0 aromatic heterocycles. The molecule has 0 fully saturated rings. The van der Waals surface area contributed by atoms with Gasteiger partial charge in [0.2, 0.25) is 0 Å². The molecule has 1 aromatic rings. The smallest absolute Gasteiger partial charge is 0.126 e. The third-order valence-electron chi connectivity index (χ3n) is 2.41. The molecule has 0 spiro atoms. The molecule has 0 aliphatic heterocycles. The normalized spacial score (nSPS) is 12.3. The quantitative estimate of drug-likeness (QED) is 0.781. The van der Waals surface area contributed by atoms with Crippen LogP contribution in [0.15, 0.2) is 12.1 Å². The number of aryl methyl sites for hydroxylation is 1. The summed E-state index contributed by atoms with van der Waals surface area (Å²) in [5.41, 5.74) is 2.27. The van der Waals surface area contributed by atoms with Crippen LogP contribution in [0.2, 0.25) is 0 Å². The zero-order valence-corrected chi connectivity index (χ0v) is 11.2. The molecule has 1 atom stereocenters. The lowest BCUT2D eigenvalue weighted by molar-refractivity contribution is 0.382. The first-order valence-electron chi connectivity index (χ1n) is 4.92. The molecule has 0 saturated heterocycles. The number of ether oxygens (including phenoxy) is 2. The molecule has 15 heavy (non-hydrogen) atoms. The molecular formula is C12H17BrO2. The molecule has 3 heteroatoms. The maximum atomic E-state index is 5.39. The van der Waals surface area contributed by atoms with Crippen molar-refractivity contribution in [3.63, 3.8) is 0 Å². The monoisotopic (exact) mass is 272 g/mol. The standard InChI is InChI=1S/C12H17BrO2/c1-8-5-10(14-3)12(9(2)7-13)11(6-8)15-4/h5-6,9H,7H2,1-4H3. The predicted octanol–water partition coefficient (Wildman–Crippen LogP) is 3.51. The van der Waals surface area contributed by atoms with Gasteiger partial charge >= 0.3 is 0 Å². The summed E-state index contributed by atoms with van der Waals surface area (Å²) in [5, 5.41) is 0.892. The van der Waals surface area contributed by atoms with Crippen molar-refractivity contribution in [3.8, 4) is 11.5 Å². The molecule has 0 bridgehead atoms. The Morgan fingerprint density at radius 1 is 1.20 bits per heavy atom. The van der Waals surface area contributed by atoms with Gasteiger partial charge in [0.05, 0.1) is 14.2 Å². The number of halogens is 1. The van der Waals surface area contributed by atoms with Gasteiger partial charge in [-0.1, -0.05) is 22.9 Å². The van der Waals surface area contributed by atoms with Gasteiger partial charge in [0.1, 0.15) is 11.5 Å². The van der Waals surface area contributed by atoms with Gasteiger partial charge in [-0.2, -0.15) is 0 Å². The average Bonchev–Trinajstić information content (AvgIpc) is 2.26. The largest absolute Gasteiger partial charge is 0.496 e.